The van der Waals surface area contributed by atoms with E-state index in [0.29, 0.717) is 12.8 Å². The maximum absolute atomic E-state index is 9.09. The summed E-state index contributed by atoms with van der Waals surface area (Å²) in [5.74, 6) is 5.42. The van der Waals surface area contributed by atoms with Crippen molar-refractivity contribution in [2.45, 2.75) is 38.9 Å². The Morgan fingerprint density at radius 2 is 2.00 bits per heavy atom. The molecule has 0 aliphatic rings. The highest BCUT2D eigenvalue weighted by Crippen LogP contribution is 2.00. The van der Waals surface area contributed by atoms with Crippen LogP contribution in [0.2, 0.25) is 0 Å². The molecule has 0 bridgehead atoms. The number of hydrogen-bond acceptors (Lipinski definition) is 2. The fourth-order valence-corrected chi connectivity index (χ4v) is 0.697. The molecule has 0 aliphatic heterocycles. The van der Waals surface area contributed by atoms with Crippen molar-refractivity contribution in [1.82, 2.24) is 0 Å². The van der Waals surface area contributed by atoms with Crippen molar-refractivity contribution >= 4 is 0 Å². The van der Waals surface area contributed by atoms with Crippen molar-refractivity contribution in [3.8, 4) is 11.8 Å². The topological polar surface area (TPSA) is 40.5 Å². The van der Waals surface area contributed by atoms with Crippen LogP contribution in [0, 0.1) is 11.8 Å². The van der Waals surface area contributed by atoms with Gasteiger partial charge in [0.1, 0.15) is 0 Å². The van der Waals surface area contributed by atoms with Gasteiger partial charge in [-0.1, -0.05) is 0 Å². The Bertz CT molecular complexity index is 130. The predicted molar refractivity (Wildman–Crippen MR) is 40.4 cm³/mol. The Kier molecular flexibility index (Phi) is 5.00. The van der Waals surface area contributed by atoms with Crippen molar-refractivity contribution < 1.29 is 10.2 Å². The predicted octanol–water partition coefficient (Wildman–Crippen LogP) is 0.532. The molecule has 0 rings (SSSR count). The summed E-state index contributed by atoms with van der Waals surface area (Å²) in [4.78, 5) is 0. The summed E-state index contributed by atoms with van der Waals surface area (Å²) in [5.41, 5.74) is 0. The zero-order chi connectivity index (χ0) is 7.98. The van der Waals surface area contributed by atoms with Gasteiger partial charge in [0.25, 0.3) is 0 Å². The number of hydrogen-bond donors (Lipinski definition) is 2. The van der Waals surface area contributed by atoms with Gasteiger partial charge in [0, 0.05) is 6.42 Å². The number of rotatable bonds is 3. The quantitative estimate of drug-likeness (QED) is 0.564. The molecule has 0 aliphatic carbocycles. The van der Waals surface area contributed by atoms with Crippen LogP contribution in [0.25, 0.3) is 0 Å². The Labute approximate surface area is 61.9 Å². The molecule has 2 N–H and O–H groups in total. The van der Waals surface area contributed by atoms with E-state index in [9.17, 15) is 0 Å². The lowest BCUT2D eigenvalue weighted by molar-refractivity contribution is 0.0937. The van der Waals surface area contributed by atoms with Crippen molar-refractivity contribution in [1.29, 1.82) is 0 Å². The first-order chi connectivity index (χ1) is 4.66. The molecule has 0 amide bonds. The normalized spacial score (nSPS) is 15.2. The van der Waals surface area contributed by atoms with Crippen molar-refractivity contribution in [3.63, 3.8) is 0 Å². The fraction of sp³-hybridized carbons (Fsp3) is 0.750. The van der Waals surface area contributed by atoms with E-state index in [4.69, 9.17) is 10.2 Å². The Hall–Kier alpha value is -0.520. The summed E-state index contributed by atoms with van der Waals surface area (Å²) in [6, 6.07) is 0. The van der Waals surface area contributed by atoms with Crippen molar-refractivity contribution in [2.24, 2.45) is 0 Å². The molecule has 0 fully saturated rings. The van der Waals surface area contributed by atoms with E-state index in [0.717, 1.165) is 0 Å². The second kappa shape index (κ2) is 5.28. The molecule has 0 heterocycles. The molecule has 2 atom stereocenters. The standard InChI is InChI=1S/C8H14O2/c1-3-4-5-8(10)6-7(2)9/h7-10H,5-6H2,1-2H3. The van der Waals surface area contributed by atoms with E-state index >= 15 is 0 Å². The minimum Gasteiger partial charge on any atom is -0.393 e. The second-order valence-electron chi connectivity index (χ2n) is 2.37. The summed E-state index contributed by atoms with van der Waals surface area (Å²) >= 11 is 0. The molecule has 2 nitrogen and oxygen atoms in total. The maximum Gasteiger partial charge on any atom is 0.0673 e. The van der Waals surface area contributed by atoms with Gasteiger partial charge in [0.2, 0.25) is 0 Å². The SMILES string of the molecule is CC#CCC(O)CC(C)O. The number of aliphatic hydroxyl groups excluding tert-OH is 2. The van der Waals surface area contributed by atoms with E-state index in [1.807, 2.05) is 0 Å². The second-order valence-corrected chi connectivity index (χ2v) is 2.37. The molecule has 2 heteroatoms. The molecule has 0 radical (unpaired) electrons. The van der Waals surface area contributed by atoms with Crippen LogP contribution in [0.15, 0.2) is 0 Å². The van der Waals surface area contributed by atoms with Gasteiger partial charge in [-0.15, -0.1) is 11.8 Å². The largest absolute Gasteiger partial charge is 0.393 e. The van der Waals surface area contributed by atoms with Crippen LogP contribution in [0.5, 0.6) is 0 Å². The van der Waals surface area contributed by atoms with Gasteiger partial charge < -0.3 is 10.2 Å². The lowest BCUT2D eigenvalue weighted by Gasteiger charge is -2.07. The average molecular weight is 142 g/mol. The smallest absolute Gasteiger partial charge is 0.0673 e. The van der Waals surface area contributed by atoms with Gasteiger partial charge >= 0.3 is 0 Å². The monoisotopic (exact) mass is 142 g/mol. The molecule has 58 valence electrons. The summed E-state index contributed by atoms with van der Waals surface area (Å²) in [7, 11) is 0. The molecule has 0 saturated carbocycles. The molecule has 0 spiro atoms. The van der Waals surface area contributed by atoms with Gasteiger partial charge in [-0.2, -0.15) is 0 Å². The third kappa shape index (κ3) is 5.61. The average Bonchev–Trinajstić information content (AvgIpc) is 1.82. The highest BCUT2D eigenvalue weighted by atomic mass is 16.3. The molecule has 0 aromatic carbocycles. The van der Waals surface area contributed by atoms with Crippen LogP contribution >= 0.6 is 0 Å². The Morgan fingerprint density at radius 3 is 2.40 bits per heavy atom. The van der Waals surface area contributed by atoms with Crippen LogP contribution in [-0.2, 0) is 0 Å². The third-order valence-electron chi connectivity index (χ3n) is 1.13. The summed E-state index contributed by atoms with van der Waals surface area (Å²) < 4.78 is 0. The van der Waals surface area contributed by atoms with E-state index in [1.54, 1.807) is 13.8 Å². The van der Waals surface area contributed by atoms with Crippen molar-refractivity contribution in [2.75, 3.05) is 0 Å². The van der Waals surface area contributed by atoms with E-state index in [1.165, 1.54) is 0 Å². The fourth-order valence-electron chi connectivity index (χ4n) is 0.697. The first kappa shape index (κ1) is 9.48. The van der Waals surface area contributed by atoms with E-state index in [-0.39, 0.29) is 0 Å². The molecule has 0 aromatic rings. The minimum absolute atomic E-state index is 0.411. The molecular formula is C8H14O2. The Balaban J connectivity index is 3.40. The van der Waals surface area contributed by atoms with E-state index in [2.05, 4.69) is 11.8 Å². The summed E-state index contributed by atoms with van der Waals surface area (Å²) in [6.07, 6.45) is -0.0445. The van der Waals surface area contributed by atoms with Gasteiger partial charge in [-0.05, 0) is 20.3 Å². The van der Waals surface area contributed by atoms with Gasteiger partial charge in [0.05, 0.1) is 12.2 Å². The van der Waals surface area contributed by atoms with Gasteiger partial charge in [-0.3, -0.25) is 0 Å². The first-order valence-electron chi connectivity index (χ1n) is 3.42. The lowest BCUT2D eigenvalue weighted by atomic mass is 10.1. The van der Waals surface area contributed by atoms with Crippen LogP contribution in [0.1, 0.15) is 26.7 Å². The molecular weight excluding hydrogens is 128 g/mol. The summed E-state index contributed by atoms with van der Waals surface area (Å²) in [6.45, 7) is 3.39. The zero-order valence-electron chi connectivity index (χ0n) is 6.46. The molecule has 2 unspecified atom stereocenters. The third-order valence-corrected chi connectivity index (χ3v) is 1.13. The van der Waals surface area contributed by atoms with E-state index < -0.39 is 12.2 Å². The molecule has 0 aromatic heterocycles. The number of aliphatic hydroxyl groups is 2. The van der Waals surface area contributed by atoms with Crippen molar-refractivity contribution in [3.05, 3.63) is 0 Å². The lowest BCUT2D eigenvalue weighted by Crippen LogP contribution is -2.13. The minimum atomic E-state index is -0.479. The highest BCUT2D eigenvalue weighted by molar-refractivity contribution is 4.96. The van der Waals surface area contributed by atoms with Gasteiger partial charge in [-0.25, -0.2) is 0 Å². The van der Waals surface area contributed by atoms with Crippen LogP contribution in [-0.4, -0.2) is 22.4 Å². The van der Waals surface area contributed by atoms with Gasteiger partial charge in [0.15, 0.2) is 0 Å². The molecule has 0 saturated heterocycles. The first-order valence-corrected chi connectivity index (χ1v) is 3.42. The summed E-state index contributed by atoms with van der Waals surface area (Å²) in [5, 5.41) is 17.9. The molecule has 10 heavy (non-hydrogen) atoms. The van der Waals surface area contributed by atoms with Crippen LogP contribution < -0.4 is 0 Å². The maximum atomic E-state index is 9.09. The Morgan fingerprint density at radius 1 is 1.40 bits per heavy atom. The zero-order valence-corrected chi connectivity index (χ0v) is 6.46. The highest BCUT2D eigenvalue weighted by Gasteiger charge is 2.04. The van der Waals surface area contributed by atoms with Crippen LogP contribution in [0.4, 0.5) is 0 Å². The van der Waals surface area contributed by atoms with Crippen LogP contribution in [0.3, 0.4) is 0 Å².